The second-order valence-corrected chi connectivity index (χ2v) is 6.84. The van der Waals surface area contributed by atoms with E-state index in [9.17, 15) is 9.59 Å². The van der Waals surface area contributed by atoms with Gasteiger partial charge in [-0.15, -0.1) is 0 Å². The van der Waals surface area contributed by atoms with E-state index in [-0.39, 0.29) is 30.9 Å². The maximum Gasteiger partial charge on any atom is 0.257 e. The van der Waals surface area contributed by atoms with E-state index in [1.165, 1.54) is 0 Å². The highest BCUT2D eigenvalue weighted by molar-refractivity contribution is 5.77. The summed E-state index contributed by atoms with van der Waals surface area (Å²) in [7, 11) is 0. The molecule has 0 aliphatic carbocycles. The number of ether oxygens (including phenoxy) is 2. The summed E-state index contributed by atoms with van der Waals surface area (Å²) in [6.45, 7) is 8.16. The van der Waals surface area contributed by atoms with Gasteiger partial charge in [-0.2, -0.15) is 0 Å². The summed E-state index contributed by atoms with van der Waals surface area (Å²) in [5.41, 5.74) is 5.98. The van der Waals surface area contributed by atoms with Gasteiger partial charge in [-0.25, -0.2) is 0 Å². The van der Waals surface area contributed by atoms with Gasteiger partial charge in [-0.3, -0.25) is 14.5 Å². The van der Waals surface area contributed by atoms with Crippen molar-refractivity contribution in [3.63, 3.8) is 0 Å². The summed E-state index contributed by atoms with van der Waals surface area (Å²) in [6.07, 6.45) is 0.193. The first-order valence-electron chi connectivity index (χ1n) is 9.04. The Bertz CT molecular complexity index is 583. The fraction of sp³-hybridized carbons (Fsp3) is 0.579. The van der Waals surface area contributed by atoms with Gasteiger partial charge in [0.1, 0.15) is 5.75 Å². The molecule has 1 atom stereocenters. The molecular weight excluding hydrogens is 334 g/mol. The lowest BCUT2D eigenvalue weighted by Crippen LogP contribution is -2.51. The van der Waals surface area contributed by atoms with Gasteiger partial charge in [0, 0.05) is 25.7 Å². The molecule has 3 N–H and O–H groups in total. The SMILES string of the molecule is CC(C)C(CNC(=O)COc1ccc(CC(N)=O)cc1)N1CCOCC1. The number of carbonyl (C=O) groups excluding carboxylic acids is 2. The van der Waals surface area contributed by atoms with E-state index in [0.717, 1.165) is 31.9 Å². The van der Waals surface area contributed by atoms with Crippen LogP contribution in [0.5, 0.6) is 5.75 Å². The molecule has 2 rings (SSSR count). The maximum absolute atomic E-state index is 12.1. The predicted molar refractivity (Wildman–Crippen MR) is 98.9 cm³/mol. The minimum Gasteiger partial charge on any atom is -0.484 e. The molecular formula is C19H29N3O4. The zero-order chi connectivity index (χ0) is 18.9. The molecule has 26 heavy (non-hydrogen) atoms. The van der Waals surface area contributed by atoms with E-state index in [0.29, 0.717) is 18.2 Å². The molecule has 1 aromatic rings. The molecule has 1 unspecified atom stereocenters. The van der Waals surface area contributed by atoms with Crippen LogP contribution in [0.4, 0.5) is 0 Å². The molecule has 1 aromatic carbocycles. The summed E-state index contributed by atoms with van der Waals surface area (Å²) >= 11 is 0. The zero-order valence-corrected chi connectivity index (χ0v) is 15.6. The molecule has 1 fully saturated rings. The smallest absolute Gasteiger partial charge is 0.257 e. The lowest BCUT2D eigenvalue weighted by atomic mass is 10.0. The summed E-state index contributed by atoms with van der Waals surface area (Å²) in [4.78, 5) is 25.4. The molecule has 0 saturated carbocycles. The number of morpholine rings is 1. The van der Waals surface area contributed by atoms with Gasteiger partial charge in [0.2, 0.25) is 5.91 Å². The Labute approximate surface area is 154 Å². The summed E-state index contributed by atoms with van der Waals surface area (Å²) in [6, 6.07) is 7.29. The van der Waals surface area contributed by atoms with Crippen molar-refractivity contribution < 1.29 is 19.1 Å². The van der Waals surface area contributed by atoms with Crippen LogP contribution < -0.4 is 15.8 Å². The van der Waals surface area contributed by atoms with E-state index in [1.807, 2.05) is 0 Å². The molecule has 0 radical (unpaired) electrons. The van der Waals surface area contributed by atoms with E-state index in [2.05, 4.69) is 24.1 Å². The average Bonchev–Trinajstić information content (AvgIpc) is 2.61. The number of nitrogens with one attached hydrogen (secondary N) is 1. The number of primary amides is 1. The molecule has 0 spiro atoms. The predicted octanol–water partition coefficient (Wildman–Crippen LogP) is 0.566. The van der Waals surface area contributed by atoms with Crippen molar-refractivity contribution >= 4 is 11.8 Å². The van der Waals surface area contributed by atoms with Crippen LogP contribution in [0, 0.1) is 5.92 Å². The third-order valence-electron chi connectivity index (χ3n) is 4.46. The lowest BCUT2D eigenvalue weighted by molar-refractivity contribution is -0.123. The van der Waals surface area contributed by atoms with Crippen molar-refractivity contribution in [1.29, 1.82) is 0 Å². The highest BCUT2D eigenvalue weighted by Gasteiger charge is 2.24. The van der Waals surface area contributed by atoms with Gasteiger partial charge < -0.3 is 20.5 Å². The van der Waals surface area contributed by atoms with Gasteiger partial charge in [-0.1, -0.05) is 26.0 Å². The first-order valence-corrected chi connectivity index (χ1v) is 9.04. The van der Waals surface area contributed by atoms with Crippen LogP contribution in [0.3, 0.4) is 0 Å². The second-order valence-electron chi connectivity index (χ2n) is 6.84. The van der Waals surface area contributed by atoms with Crippen molar-refractivity contribution in [2.45, 2.75) is 26.3 Å². The number of rotatable bonds is 9. The number of benzene rings is 1. The minimum atomic E-state index is -0.377. The van der Waals surface area contributed by atoms with Crippen LogP contribution in [-0.4, -0.2) is 62.2 Å². The average molecular weight is 363 g/mol. The zero-order valence-electron chi connectivity index (χ0n) is 15.6. The molecule has 1 heterocycles. The van der Waals surface area contributed by atoms with Gasteiger partial charge in [-0.05, 0) is 23.6 Å². The number of carbonyl (C=O) groups is 2. The van der Waals surface area contributed by atoms with Gasteiger partial charge >= 0.3 is 0 Å². The largest absolute Gasteiger partial charge is 0.484 e. The molecule has 0 bridgehead atoms. The third kappa shape index (κ3) is 6.65. The van der Waals surface area contributed by atoms with Crippen molar-refractivity contribution in [2.24, 2.45) is 11.7 Å². The quantitative estimate of drug-likeness (QED) is 0.669. The Balaban J connectivity index is 1.75. The molecule has 2 amide bonds. The van der Waals surface area contributed by atoms with Crippen LogP contribution in [0.1, 0.15) is 19.4 Å². The fourth-order valence-corrected chi connectivity index (χ4v) is 3.02. The molecule has 1 aliphatic heterocycles. The Hall–Kier alpha value is -2.12. The molecule has 7 nitrogen and oxygen atoms in total. The van der Waals surface area contributed by atoms with Gasteiger partial charge in [0.25, 0.3) is 5.91 Å². The monoisotopic (exact) mass is 363 g/mol. The molecule has 1 aliphatic rings. The number of nitrogens with zero attached hydrogens (tertiary/aromatic N) is 1. The van der Waals surface area contributed by atoms with E-state index < -0.39 is 0 Å². The lowest BCUT2D eigenvalue weighted by Gasteiger charge is -2.36. The van der Waals surface area contributed by atoms with E-state index >= 15 is 0 Å². The van der Waals surface area contributed by atoms with Crippen molar-refractivity contribution in [3.05, 3.63) is 29.8 Å². The Morgan fingerprint density at radius 3 is 2.46 bits per heavy atom. The fourth-order valence-electron chi connectivity index (χ4n) is 3.02. The first kappa shape index (κ1) is 20.2. The molecule has 7 heteroatoms. The van der Waals surface area contributed by atoms with E-state index in [1.54, 1.807) is 24.3 Å². The third-order valence-corrected chi connectivity index (χ3v) is 4.46. The standard InChI is InChI=1S/C19H29N3O4/c1-14(2)17(22-7-9-25-10-8-22)12-21-19(24)13-26-16-5-3-15(4-6-16)11-18(20)23/h3-6,14,17H,7-13H2,1-2H3,(H2,20,23)(H,21,24). The summed E-state index contributed by atoms with van der Waals surface area (Å²) in [5, 5.41) is 2.96. The van der Waals surface area contributed by atoms with Gasteiger partial charge in [0.15, 0.2) is 6.61 Å². The number of nitrogens with two attached hydrogens (primary N) is 1. The summed E-state index contributed by atoms with van der Waals surface area (Å²) in [5.74, 6) is 0.497. The maximum atomic E-state index is 12.1. The highest BCUT2D eigenvalue weighted by atomic mass is 16.5. The Morgan fingerprint density at radius 1 is 1.23 bits per heavy atom. The van der Waals surface area contributed by atoms with E-state index in [4.69, 9.17) is 15.2 Å². The minimum absolute atomic E-state index is 0.0386. The summed E-state index contributed by atoms with van der Waals surface area (Å²) < 4.78 is 10.9. The van der Waals surface area contributed by atoms with Crippen molar-refractivity contribution in [1.82, 2.24) is 10.2 Å². The normalized spacial score (nSPS) is 16.3. The topological polar surface area (TPSA) is 93.9 Å². The number of hydrogen-bond acceptors (Lipinski definition) is 5. The molecule has 144 valence electrons. The van der Waals surface area contributed by atoms with Crippen molar-refractivity contribution in [3.8, 4) is 5.75 Å². The number of amides is 2. The second kappa shape index (κ2) is 10.1. The van der Waals surface area contributed by atoms with Crippen LogP contribution in [0.25, 0.3) is 0 Å². The molecule has 1 saturated heterocycles. The Morgan fingerprint density at radius 2 is 1.88 bits per heavy atom. The number of hydrogen-bond donors (Lipinski definition) is 2. The first-order chi connectivity index (χ1) is 12.5. The van der Waals surface area contributed by atoms with Gasteiger partial charge in [0.05, 0.1) is 19.6 Å². The molecule has 0 aromatic heterocycles. The van der Waals surface area contributed by atoms with Crippen molar-refractivity contribution in [2.75, 3.05) is 39.5 Å². The Kier molecular flexibility index (Phi) is 7.87. The van der Waals surface area contributed by atoms with Crippen LogP contribution >= 0.6 is 0 Å². The van der Waals surface area contributed by atoms with Crippen LogP contribution in [0.15, 0.2) is 24.3 Å². The van der Waals surface area contributed by atoms with Crippen LogP contribution in [0.2, 0.25) is 0 Å². The van der Waals surface area contributed by atoms with Crippen LogP contribution in [-0.2, 0) is 20.7 Å². The highest BCUT2D eigenvalue weighted by Crippen LogP contribution is 2.13.